The van der Waals surface area contributed by atoms with Crippen LogP contribution in [0.25, 0.3) is 0 Å². The summed E-state index contributed by atoms with van der Waals surface area (Å²) in [6.45, 7) is 4.96. The quantitative estimate of drug-likeness (QED) is 0.714. The van der Waals surface area contributed by atoms with E-state index in [1.165, 1.54) is 19.3 Å². The highest BCUT2D eigenvalue weighted by molar-refractivity contribution is 5.52. The van der Waals surface area contributed by atoms with Crippen LogP contribution in [-0.4, -0.2) is 67.2 Å². The number of carbonyl (C=O) groups is 1. The molecule has 1 unspecified atom stereocenters. The first-order chi connectivity index (χ1) is 10.2. The summed E-state index contributed by atoms with van der Waals surface area (Å²) in [5.74, 6) is 0. The Kier molecular flexibility index (Phi) is 3.57. The molecular weight excluding hydrogens is 266 g/mol. The van der Waals surface area contributed by atoms with Crippen LogP contribution in [0.1, 0.15) is 38.5 Å². The maximum atomic E-state index is 11.0. The van der Waals surface area contributed by atoms with Gasteiger partial charge in [0.2, 0.25) is 0 Å². The first-order valence-electron chi connectivity index (χ1n) is 8.53. The van der Waals surface area contributed by atoms with E-state index in [2.05, 4.69) is 15.5 Å². The van der Waals surface area contributed by atoms with Gasteiger partial charge in [-0.25, -0.2) is 0 Å². The average molecular weight is 293 g/mol. The highest BCUT2D eigenvalue weighted by Crippen LogP contribution is 2.39. The van der Waals surface area contributed by atoms with E-state index < -0.39 is 0 Å². The Morgan fingerprint density at radius 2 is 2.00 bits per heavy atom. The molecule has 0 bridgehead atoms. The molecule has 1 spiro atoms. The smallest absolute Gasteiger partial charge is 0.121 e. The SMILES string of the molecule is O=CCC1(N2CCC3(CC2)CC(NC2CC2)CO3)CNC1. The fourth-order valence-corrected chi connectivity index (χ4v) is 4.34. The first kappa shape index (κ1) is 14.1. The van der Waals surface area contributed by atoms with Crippen molar-refractivity contribution in [3.05, 3.63) is 0 Å². The van der Waals surface area contributed by atoms with Crippen molar-refractivity contribution >= 4 is 6.29 Å². The van der Waals surface area contributed by atoms with Crippen LogP contribution in [0, 0.1) is 0 Å². The van der Waals surface area contributed by atoms with Crippen LogP contribution >= 0.6 is 0 Å². The number of nitrogens with zero attached hydrogens (tertiary/aromatic N) is 1. The Balaban J connectivity index is 1.33. The number of likely N-dealkylation sites (tertiary alicyclic amines) is 1. The molecule has 3 saturated heterocycles. The van der Waals surface area contributed by atoms with Crippen molar-refractivity contribution in [1.82, 2.24) is 15.5 Å². The second kappa shape index (κ2) is 5.30. The molecule has 0 aromatic heterocycles. The van der Waals surface area contributed by atoms with E-state index in [1.807, 2.05) is 0 Å². The molecule has 1 atom stereocenters. The maximum absolute atomic E-state index is 11.0. The normalized spacial score (nSPS) is 34.8. The molecule has 0 radical (unpaired) electrons. The third kappa shape index (κ3) is 2.65. The number of hydrogen-bond donors (Lipinski definition) is 2. The molecule has 4 rings (SSSR count). The number of ether oxygens (including phenoxy) is 1. The summed E-state index contributed by atoms with van der Waals surface area (Å²) < 4.78 is 6.22. The molecule has 0 amide bonds. The zero-order valence-electron chi connectivity index (χ0n) is 12.8. The maximum Gasteiger partial charge on any atom is 0.121 e. The van der Waals surface area contributed by atoms with Crippen molar-refractivity contribution in [1.29, 1.82) is 0 Å². The summed E-state index contributed by atoms with van der Waals surface area (Å²) >= 11 is 0. The number of nitrogens with one attached hydrogen (secondary N) is 2. The number of aldehydes is 1. The summed E-state index contributed by atoms with van der Waals surface area (Å²) in [4.78, 5) is 13.5. The lowest BCUT2D eigenvalue weighted by Crippen LogP contribution is -2.70. The lowest BCUT2D eigenvalue weighted by Gasteiger charge is -2.53. The van der Waals surface area contributed by atoms with Gasteiger partial charge in [-0.15, -0.1) is 0 Å². The molecule has 0 aromatic rings. The van der Waals surface area contributed by atoms with E-state index in [-0.39, 0.29) is 11.1 Å². The summed E-state index contributed by atoms with van der Waals surface area (Å²) in [5, 5.41) is 7.05. The molecule has 5 heteroatoms. The van der Waals surface area contributed by atoms with Gasteiger partial charge in [0.25, 0.3) is 0 Å². The summed E-state index contributed by atoms with van der Waals surface area (Å²) in [7, 11) is 0. The fourth-order valence-electron chi connectivity index (χ4n) is 4.34. The van der Waals surface area contributed by atoms with Gasteiger partial charge in [-0.05, 0) is 32.1 Å². The van der Waals surface area contributed by atoms with Gasteiger partial charge in [0.1, 0.15) is 6.29 Å². The molecule has 4 aliphatic rings. The van der Waals surface area contributed by atoms with Gasteiger partial charge in [0, 0.05) is 44.7 Å². The number of rotatable bonds is 5. The Bertz CT molecular complexity index is 398. The van der Waals surface area contributed by atoms with Gasteiger partial charge in [-0.3, -0.25) is 4.90 Å². The molecule has 4 fully saturated rings. The van der Waals surface area contributed by atoms with E-state index in [4.69, 9.17) is 4.74 Å². The van der Waals surface area contributed by atoms with E-state index >= 15 is 0 Å². The molecule has 0 aromatic carbocycles. The van der Waals surface area contributed by atoms with Gasteiger partial charge < -0.3 is 20.2 Å². The van der Waals surface area contributed by atoms with Crippen molar-refractivity contribution in [2.24, 2.45) is 0 Å². The number of carbonyl (C=O) groups excluding carboxylic acids is 1. The van der Waals surface area contributed by atoms with Gasteiger partial charge >= 0.3 is 0 Å². The minimum Gasteiger partial charge on any atom is -0.373 e. The molecule has 118 valence electrons. The van der Waals surface area contributed by atoms with Crippen molar-refractivity contribution in [2.45, 2.75) is 61.7 Å². The van der Waals surface area contributed by atoms with Crippen LogP contribution in [0.4, 0.5) is 0 Å². The molecular formula is C16H27N3O2. The second-order valence-corrected chi connectivity index (χ2v) is 7.52. The van der Waals surface area contributed by atoms with E-state index in [1.54, 1.807) is 0 Å². The second-order valence-electron chi connectivity index (χ2n) is 7.52. The fraction of sp³-hybridized carbons (Fsp3) is 0.938. The van der Waals surface area contributed by atoms with Crippen molar-refractivity contribution in [3.63, 3.8) is 0 Å². The molecule has 5 nitrogen and oxygen atoms in total. The Morgan fingerprint density at radius 3 is 2.57 bits per heavy atom. The lowest BCUT2D eigenvalue weighted by molar-refractivity contribution is -0.114. The van der Waals surface area contributed by atoms with Crippen LogP contribution in [0.15, 0.2) is 0 Å². The predicted molar refractivity (Wildman–Crippen MR) is 80.3 cm³/mol. The van der Waals surface area contributed by atoms with Gasteiger partial charge in [0.05, 0.1) is 17.7 Å². The highest BCUT2D eigenvalue weighted by Gasteiger charge is 2.49. The Morgan fingerprint density at radius 1 is 1.24 bits per heavy atom. The minimum absolute atomic E-state index is 0.105. The van der Waals surface area contributed by atoms with Crippen LogP contribution < -0.4 is 10.6 Å². The van der Waals surface area contributed by atoms with E-state index in [0.29, 0.717) is 12.5 Å². The lowest BCUT2D eigenvalue weighted by atomic mass is 9.81. The molecule has 2 N–H and O–H groups in total. The third-order valence-electron chi connectivity index (χ3n) is 5.97. The van der Waals surface area contributed by atoms with Crippen molar-refractivity contribution in [3.8, 4) is 0 Å². The largest absolute Gasteiger partial charge is 0.373 e. The molecule has 3 heterocycles. The number of hydrogen-bond acceptors (Lipinski definition) is 5. The minimum atomic E-state index is 0.105. The standard InChI is InChI=1S/C16H27N3O2/c20-8-5-15(11-17-12-15)19-6-3-16(4-7-19)9-14(10-21-16)18-13-1-2-13/h8,13-14,17-18H,1-7,9-12H2. The van der Waals surface area contributed by atoms with Gasteiger partial charge in [-0.1, -0.05) is 0 Å². The van der Waals surface area contributed by atoms with Crippen LogP contribution in [0.3, 0.4) is 0 Å². The number of piperidine rings is 1. The average Bonchev–Trinajstić information content (AvgIpc) is 3.18. The predicted octanol–water partition coefficient (Wildman–Crippen LogP) is 0.293. The highest BCUT2D eigenvalue weighted by atomic mass is 16.5. The monoisotopic (exact) mass is 293 g/mol. The van der Waals surface area contributed by atoms with Crippen LogP contribution in [0.5, 0.6) is 0 Å². The zero-order chi connectivity index (χ0) is 14.3. The summed E-state index contributed by atoms with van der Waals surface area (Å²) in [6.07, 6.45) is 7.87. The molecule has 21 heavy (non-hydrogen) atoms. The third-order valence-corrected chi connectivity index (χ3v) is 5.97. The van der Waals surface area contributed by atoms with Crippen LogP contribution in [-0.2, 0) is 9.53 Å². The Labute approximate surface area is 126 Å². The topological polar surface area (TPSA) is 53.6 Å². The molecule has 1 saturated carbocycles. The summed E-state index contributed by atoms with van der Waals surface area (Å²) in [6, 6.07) is 1.34. The van der Waals surface area contributed by atoms with Crippen LogP contribution in [0.2, 0.25) is 0 Å². The Hall–Kier alpha value is -0.490. The molecule has 1 aliphatic carbocycles. The van der Waals surface area contributed by atoms with Crippen molar-refractivity contribution < 1.29 is 9.53 Å². The van der Waals surface area contributed by atoms with E-state index in [9.17, 15) is 4.79 Å². The van der Waals surface area contributed by atoms with E-state index in [0.717, 1.165) is 58.0 Å². The van der Waals surface area contributed by atoms with Gasteiger partial charge in [-0.2, -0.15) is 0 Å². The summed E-state index contributed by atoms with van der Waals surface area (Å²) in [5.41, 5.74) is 0.218. The van der Waals surface area contributed by atoms with Crippen molar-refractivity contribution in [2.75, 3.05) is 32.8 Å². The van der Waals surface area contributed by atoms with Gasteiger partial charge in [0.15, 0.2) is 0 Å². The molecule has 3 aliphatic heterocycles. The zero-order valence-corrected chi connectivity index (χ0v) is 12.8. The first-order valence-corrected chi connectivity index (χ1v) is 8.53.